The van der Waals surface area contributed by atoms with Crippen molar-refractivity contribution in [3.05, 3.63) is 24.7 Å². The maximum absolute atomic E-state index is 5.29. The van der Waals surface area contributed by atoms with E-state index < -0.39 is 0 Å². The standard InChI is InChI=1S/C11H12N6O/c1-12-8-6-17-9(7-4-14-16-15-7)5-13-11(17)3-10(8)18-2/h3-6,12H,1-2H3,(H,14,15,16). The van der Waals surface area contributed by atoms with Gasteiger partial charge in [0, 0.05) is 19.3 Å². The summed E-state index contributed by atoms with van der Waals surface area (Å²) in [5.74, 6) is 0.752. The van der Waals surface area contributed by atoms with E-state index in [1.165, 1.54) is 0 Å². The molecule has 0 aliphatic rings. The molecule has 0 saturated carbocycles. The highest BCUT2D eigenvalue weighted by Crippen LogP contribution is 2.28. The molecule has 0 spiro atoms. The van der Waals surface area contributed by atoms with Crippen molar-refractivity contribution in [2.24, 2.45) is 0 Å². The summed E-state index contributed by atoms with van der Waals surface area (Å²) in [5, 5.41) is 13.5. The Kier molecular flexibility index (Phi) is 2.36. The molecule has 0 aliphatic heterocycles. The Bertz CT molecular complexity index is 672. The van der Waals surface area contributed by atoms with E-state index in [2.05, 4.69) is 25.7 Å². The van der Waals surface area contributed by atoms with E-state index in [1.807, 2.05) is 23.7 Å². The molecular formula is C11H12N6O. The fraction of sp³-hybridized carbons (Fsp3) is 0.182. The van der Waals surface area contributed by atoms with Crippen LogP contribution in [0.1, 0.15) is 0 Å². The smallest absolute Gasteiger partial charge is 0.147 e. The Balaban J connectivity index is 2.25. The predicted octanol–water partition coefficient (Wildman–Crippen LogP) is 1.17. The van der Waals surface area contributed by atoms with Crippen molar-refractivity contribution in [3.63, 3.8) is 0 Å². The third-order valence-electron chi connectivity index (χ3n) is 2.78. The summed E-state index contributed by atoms with van der Waals surface area (Å²) in [4.78, 5) is 4.33. The summed E-state index contributed by atoms with van der Waals surface area (Å²) in [5.41, 5.74) is 3.30. The number of ether oxygens (including phenoxy) is 1. The average Bonchev–Trinajstić information content (AvgIpc) is 3.05. The van der Waals surface area contributed by atoms with Gasteiger partial charge in [-0.15, -0.1) is 0 Å². The minimum Gasteiger partial charge on any atom is -0.494 e. The second kappa shape index (κ2) is 4.02. The van der Waals surface area contributed by atoms with Gasteiger partial charge in [-0.1, -0.05) is 0 Å². The average molecular weight is 244 g/mol. The van der Waals surface area contributed by atoms with E-state index in [1.54, 1.807) is 19.5 Å². The van der Waals surface area contributed by atoms with Crippen molar-refractivity contribution in [1.82, 2.24) is 24.8 Å². The first-order chi connectivity index (χ1) is 8.83. The van der Waals surface area contributed by atoms with Crippen molar-refractivity contribution in [2.75, 3.05) is 19.5 Å². The molecule has 0 aliphatic carbocycles. The van der Waals surface area contributed by atoms with E-state index in [0.717, 1.165) is 28.5 Å². The maximum Gasteiger partial charge on any atom is 0.147 e. The highest BCUT2D eigenvalue weighted by Gasteiger charge is 2.11. The molecule has 92 valence electrons. The van der Waals surface area contributed by atoms with E-state index in [4.69, 9.17) is 4.74 Å². The number of aromatic nitrogens is 5. The van der Waals surface area contributed by atoms with Gasteiger partial charge >= 0.3 is 0 Å². The lowest BCUT2D eigenvalue weighted by atomic mass is 10.3. The third-order valence-corrected chi connectivity index (χ3v) is 2.78. The van der Waals surface area contributed by atoms with E-state index in [9.17, 15) is 0 Å². The van der Waals surface area contributed by atoms with Crippen LogP contribution in [0.4, 0.5) is 5.69 Å². The second-order valence-electron chi connectivity index (χ2n) is 3.73. The van der Waals surface area contributed by atoms with Crippen molar-refractivity contribution in [2.45, 2.75) is 0 Å². The SMILES string of the molecule is CNc1cn2c(-c3cn[nH]n3)cnc2cc1OC. The molecular weight excluding hydrogens is 232 g/mol. The van der Waals surface area contributed by atoms with Crippen LogP contribution in [0, 0.1) is 0 Å². The summed E-state index contributed by atoms with van der Waals surface area (Å²) in [7, 11) is 3.48. The van der Waals surface area contributed by atoms with Gasteiger partial charge in [-0.25, -0.2) is 4.98 Å². The van der Waals surface area contributed by atoms with Gasteiger partial charge in [0.15, 0.2) is 0 Å². The summed E-state index contributed by atoms with van der Waals surface area (Å²) >= 11 is 0. The van der Waals surface area contributed by atoms with Crippen LogP contribution in [0.3, 0.4) is 0 Å². The monoisotopic (exact) mass is 244 g/mol. The summed E-state index contributed by atoms with van der Waals surface area (Å²) in [6.45, 7) is 0. The Labute approximate surface area is 103 Å². The zero-order valence-corrected chi connectivity index (χ0v) is 10.0. The molecule has 3 heterocycles. The van der Waals surface area contributed by atoms with Crippen LogP contribution < -0.4 is 10.1 Å². The lowest BCUT2D eigenvalue weighted by Crippen LogP contribution is -1.98. The zero-order valence-electron chi connectivity index (χ0n) is 10.0. The lowest BCUT2D eigenvalue weighted by molar-refractivity contribution is 0.416. The minimum absolute atomic E-state index is 0.745. The van der Waals surface area contributed by atoms with Crippen molar-refractivity contribution in [1.29, 1.82) is 0 Å². The van der Waals surface area contributed by atoms with E-state index in [-0.39, 0.29) is 0 Å². The minimum atomic E-state index is 0.745. The van der Waals surface area contributed by atoms with Crippen LogP contribution in [0.25, 0.3) is 17.0 Å². The molecule has 3 rings (SSSR count). The molecule has 0 unspecified atom stereocenters. The second-order valence-corrected chi connectivity index (χ2v) is 3.73. The number of pyridine rings is 1. The van der Waals surface area contributed by atoms with Crippen LogP contribution in [0.15, 0.2) is 24.7 Å². The van der Waals surface area contributed by atoms with Gasteiger partial charge in [0.25, 0.3) is 0 Å². The maximum atomic E-state index is 5.29. The summed E-state index contributed by atoms with van der Waals surface area (Å²) < 4.78 is 7.23. The van der Waals surface area contributed by atoms with Crippen molar-refractivity contribution < 1.29 is 4.74 Å². The highest BCUT2D eigenvalue weighted by molar-refractivity contribution is 5.66. The Morgan fingerprint density at radius 2 is 2.28 bits per heavy atom. The molecule has 0 saturated heterocycles. The third kappa shape index (κ3) is 1.48. The van der Waals surface area contributed by atoms with Gasteiger partial charge in [0.1, 0.15) is 17.1 Å². The molecule has 7 heteroatoms. The normalized spacial score (nSPS) is 10.8. The fourth-order valence-corrected chi connectivity index (χ4v) is 1.88. The zero-order chi connectivity index (χ0) is 12.5. The van der Waals surface area contributed by atoms with Gasteiger partial charge in [0.2, 0.25) is 0 Å². The van der Waals surface area contributed by atoms with Crippen LogP contribution in [-0.2, 0) is 0 Å². The number of methoxy groups -OCH3 is 1. The van der Waals surface area contributed by atoms with Crippen LogP contribution in [0.2, 0.25) is 0 Å². The van der Waals surface area contributed by atoms with Crippen LogP contribution in [0.5, 0.6) is 5.75 Å². The number of hydrogen-bond donors (Lipinski definition) is 2. The quantitative estimate of drug-likeness (QED) is 0.723. The summed E-state index contributed by atoms with van der Waals surface area (Å²) in [6.07, 6.45) is 5.34. The largest absolute Gasteiger partial charge is 0.494 e. The molecule has 18 heavy (non-hydrogen) atoms. The molecule has 0 aromatic carbocycles. The number of nitrogens with one attached hydrogen (secondary N) is 2. The highest BCUT2D eigenvalue weighted by atomic mass is 16.5. The van der Waals surface area contributed by atoms with Crippen molar-refractivity contribution in [3.8, 4) is 17.1 Å². The molecule has 7 nitrogen and oxygen atoms in total. The summed E-state index contributed by atoms with van der Waals surface area (Å²) in [6, 6.07) is 1.87. The van der Waals surface area contributed by atoms with E-state index >= 15 is 0 Å². The predicted molar refractivity (Wildman–Crippen MR) is 66.7 cm³/mol. The number of rotatable bonds is 3. The van der Waals surface area contributed by atoms with Gasteiger partial charge in [-0.3, -0.25) is 4.40 Å². The number of nitrogens with zero attached hydrogens (tertiary/aromatic N) is 4. The van der Waals surface area contributed by atoms with Gasteiger partial charge in [-0.05, 0) is 0 Å². The topological polar surface area (TPSA) is 80.1 Å². The van der Waals surface area contributed by atoms with E-state index in [0.29, 0.717) is 0 Å². The lowest BCUT2D eigenvalue weighted by Gasteiger charge is -2.09. The molecule has 2 N–H and O–H groups in total. The fourth-order valence-electron chi connectivity index (χ4n) is 1.88. The Morgan fingerprint density at radius 1 is 1.39 bits per heavy atom. The molecule has 0 fully saturated rings. The Hall–Kier alpha value is -2.57. The van der Waals surface area contributed by atoms with Gasteiger partial charge in [0.05, 0.1) is 30.9 Å². The van der Waals surface area contributed by atoms with Gasteiger partial charge in [-0.2, -0.15) is 15.4 Å². The van der Waals surface area contributed by atoms with Crippen molar-refractivity contribution >= 4 is 11.3 Å². The molecule has 3 aromatic rings. The number of fused-ring (bicyclic) bond motifs is 1. The molecule has 0 bridgehead atoms. The molecule has 0 atom stereocenters. The molecule has 3 aromatic heterocycles. The Morgan fingerprint density at radius 3 is 2.94 bits per heavy atom. The molecule has 0 radical (unpaired) electrons. The first-order valence-corrected chi connectivity index (χ1v) is 5.42. The first kappa shape index (κ1) is 10.6. The number of imidazole rings is 1. The number of aromatic amines is 1. The number of hydrogen-bond acceptors (Lipinski definition) is 5. The first-order valence-electron chi connectivity index (χ1n) is 5.42. The number of H-pyrrole nitrogens is 1. The van der Waals surface area contributed by atoms with Gasteiger partial charge < -0.3 is 10.1 Å². The van der Waals surface area contributed by atoms with Crippen LogP contribution >= 0.6 is 0 Å². The van der Waals surface area contributed by atoms with Crippen LogP contribution in [-0.4, -0.2) is 39.0 Å². The molecule has 0 amide bonds. The number of anilines is 1.